The van der Waals surface area contributed by atoms with Crippen LogP contribution in [-0.2, 0) is 4.79 Å². The summed E-state index contributed by atoms with van der Waals surface area (Å²) in [4.78, 5) is 12.3. The molecule has 0 spiro atoms. The van der Waals surface area contributed by atoms with Crippen LogP contribution < -0.4 is 10.6 Å². The second-order valence-electron chi connectivity index (χ2n) is 7.56. The van der Waals surface area contributed by atoms with Crippen LogP contribution >= 0.6 is 12.4 Å². The van der Waals surface area contributed by atoms with Crippen molar-refractivity contribution in [3.8, 4) is 0 Å². The maximum Gasteiger partial charge on any atom is 0.220 e. The van der Waals surface area contributed by atoms with Crippen LogP contribution in [-0.4, -0.2) is 24.5 Å². The molecule has 1 saturated heterocycles. The fourth-order valence-corrected chi connectivity index (χ4v) is 3.78. The lowest BCUT2D eigenvalue weighted by Gasteiger charge is -2.37. The van der Waals surface area contributed by atoms with E-state index in [1.165, 1.54) is 25.7 Å². The van der Waals surface area contributed by atoms with Gasteiger partial charge in [-0.05, 0) is 76.3 Å². The lowest BCUT2D eigenvalue weighted by atomic mass is 9.78. The van der Waals surface area contributed by atoms with Crippen LogP contribution in [0.25, 0.3) is 0 Å². The molecule has 2 fully saturated rings. The summed E-state index contributed by atoms with van der Waals surface area (Å²) < 4.78 is 0. The first-order chi connectivity index (χ1) is 9.48. The molecule has 0 aromatic heterocycles. The van der Waals surface area contributed by atoms with Gasteiger partial charge >= 0.3 is 0 Å². The molecule has 0 aromatic rings. The molecule has 1 aliphatic carbocycles. The molecule has 1 amide bonds. The third kappa shape index (κ3) is 5.78. The molecule has 4 heteroatoms. The number of rotatable bonds is 4. The van der Waals surface area contributed by atoms with Crippen molar-refractivity contribution < 1.29 is 4.79 Å². The Labute approximate surface area is 136 Å². The molecule has 124 valence electrons. The Bertz CT molecular complexity index is 321. The average molecular weight is 317 g/mol. The van der Waals surface area contributed by atoms with E-state index in [9.17, 15) is 4.79 Å². The molecule has 1 atom stereocenters. The highest BCUT2D eigenvalue weighted by Gasteiger charge is 2.31. The van der Waals surface area contributed by atoms with Gasteiger partial charge in [-0.3, -0.25) is 4.79 Å². The van der Waals surface area contributed by atoms with E-state index in [0.717, 1.165) is 37.8 Å². The Balaban J connectivity index is 0.00000220. The Kier molecular flexibility index (Phi) is 7.49. The van der Waals surface area contributed by atoms with E-state index in [-0.39, 0.29) is 23.9 Å². The number of carbonyl (C=O) groups is 1. The van der Waals surface area contributed by atoms with Crippen LogP contribution in [0.5, 0.6) is 0 Å². The first-order valence-corrected chi connectivity index (χ1v) is 8.50. The molecule has 0 bridgehead atoms. The van der Waals surface area contributed by atoms with Crippen molar-refractivity contribution in [2.75, 3.05) is 13.1 Å². The fourth-order valence-electron chi connectivity index (χ4n) is 3.78. The second-order valence-corrected chi connectivity index (χ2v) is 7.56. The predicted molar refractivity (Wildman–Crippen MR) is 90.8 cm³/mol. The molecular formula is C17H33ClN2O. The lowest BCUT2D eigenvalue weighted by molar-refractivity contribution is -0.124. The van der Waals surface area contributed by atoms with Gasteiger partial charge in [0.2, 0.25) is 5.91 Å². The second kappa shape index (κ2) is 8.38. The minimum atomic E-state index is 0. The van der Waals surface area contributed by atoms with Crippen LogP contribution in [0.3, 0.4) is 0 Å². The van der Waals surface area contributed by atoms with Crippen molar-refractivity contribution >= 4 is 18.3 Å². The van der Waals surface area contributed by atoms with E-state index in [0.29, 0.717) is 12.3 Å². The largest absolute Gasteiger partial charge is 0.351 e. The zero-order valence-corrected chi connectivity index (χ0v) is 14.7. The highest BCUT2D eigenvalue weighted by atomic mass is 35.5. The average Bonchev–Trinajstić information content (AvgIpc) is 2.43. The van der Waals surface area contributed by atoms with Crippen LogP contribution in [0.1, 0.15) is 65.7 Å². The summed E-state index contributed by atoms with van der Waals surface area (Å²) in [6, 6.07) is 0. The molecule has 0 radical (unpaired) electrons. The SMILES string of the molecule is CC1CCC(C)(NC(=O)CC(C)C2CCNCC2)CC1.Cl. The van der Waals surface area contributed by atoms with Gasteiger partial charge in [0.15, 0.2) is 0 Å². The zero-order valence-electron chi connectivity index (χ0n) is 13.9. The first kappa shape index (κ1) is 18.8. The van der Waals surface area contributed by atoms with E-state index in [2.05, 4.69) is 31.4 Å². The van der Waals surface area contributed by atoms with Crippen molar-refractivity contribution in [3.05, 3.63) is 0 Å². The summed E-state index contributed by atoms with van der Waals surface area (Å²) in [7, 11) is 0. The van der Waals surface area contributed by atoms with Gasteiger partial charge in [-0.15, -0.1) is 12.4 Å². The minimum absolute atomic E-state index is 0. The molecule has 1 heterocycles. The molecule has 1 saturated carbocycles. The minimum Gasteiger partial charge on any atom is -0.351 e. The van der Waals surface area contributed by atoms with Crippen molar-refractivity contribution in [3.63, 3.8) is 0 Å². The fraction of sp³-hybridized carbons (Fsp3) is 0.941. The predicted octanol–water partition coefficient (Wildman–Crippen LogP) is 3.52. The first-order valence-electron chi connectivity index (χ1n) is 8.50. The summed E-state index contributed by atoms with van der Waals surface area (Å²) in [5.74, 6) is 2.34. The van der Waals surface area contributed by atoms with Crippen LogP contribution in [0.15, 0.2) is 0 Å². The van der Waals surface area contributed by atoms with Gasteiger partial charge in [0.25, 0.3) is 0 Å². The van der Waals surface area contributed by atoms with Crippen molar-refractivity contribution in [2.24, 2.45) is 17.8 Å². The van der Waals surface area contributed by atoms with Gasteiger partial charge in [-0.1, -0.05) is 13.8 Å². The Morgan fingerprint density at radius 1 is 1.24 bits per heavy atom. The number of halogens is 1. The third-order valence-electron chi connectivity index (χ3n) is 5.51. The van der Waals surface area contributed by atoms with Gasteiger partial charge in [0.1, 0.15) is 0 Å². The number of nitrogens with one attached hydrogen (secondary N) is 2. The molecule has 1 unspecified atom stereocenters. The number of carbonyl (C=O) groups excluding carboxylic acids is 1. The molecular weight excluding hydrogens is 284 g/mol. The number of amides is 1. The zero-order chi connectivity index (χ0) is 14.6. The summed E-state index contributed by atoms with van der Waals surface area (Å²) in [5.41, 5.74) is 0.0530. The molecule has 3 nitrogen and oxygen atoms in total. The number of hydrogen-bond donors (Lipinski definition) is 2. The van der Waals surface area contributed by atoms with E-state index in [1.54, 1.807) is 0 Å². The van der Waals surface area contributed by atoms with Crippen molar-refractivity contribution in [1.29, 1.82) is 0 Å². The normalized spacial score (nSPS) is 32.0. The van der Waals surface area contributed by atoms with Gasteiger partial charge in [-0.2, -0.15) is 0 Å². The monoisotopic (exact) mass is 316 g/mol. The van der Waals surface area contributed by atoms with E-state index >= 15 is 0 Å². The summed E-state index contributed by atoms with van der Waals surface area (Å²) in [6.45, 7) is 9.03. The number of hydrogen-bond acceptors (Lipinski definition) is 2. The van der Waals surface area contributed by atoms with Gasteiger partial charge < -0.3 is 10.6 Å². The molecule has 2 N–H and O–H groups in total. The maximum absolute atomic E-state index is 12.3. The standard InChI is InChI=1S/C17H32N2O.ClH/c1-13-4-8-17(3,9-5-13)19-16(20)12-14(2)15-6-10-18-11-7-15;/h13-15,18H,4-12H2,1-3H3,(H,19,20);1H. The van der Waals surface area contributed by atoms with Crippen LogP contribution in [0.2, 0.25) is 0 Å². The Morgan fingerprint density at radius 3 is 2.38 bits per heavy atom. The van der Waals surface area contributed by atoms with Gasteiger partial charge in [0.05, 0.1) is 0 Å². The molecule has 1 aliphatic heterocycles. The number of piperidine rings is 1. The van der Waals surface area contributed by atoms with Gasteiger partial charge in [-0.25, -0.2) is 0 Å². The van der Waals surface area contributed by atoms with E-state index in [1.807, 2.05) is 0 Å². The summed E-state index contributed by atoms with van der Waals surface area (Å²) in [6.07, 6.45) is 7.94. The molecule has 2 aliphatic rings. The van der Waals surface area contributed by atoms with Gasteiger partial charge in [0, 0.05) is 12.0 Å². The summed E-state index contributed by atoms with van der Waals surface area (Å²) >= 11 is 0. The van der Waals surface area contributed by atoms with Crippen molar-refractivity contribution in [1.82, 2.24) is 10.6 Å². The smallest absolute Gasteiger partial charge is 0.220 e. The third-order valence-corrected chi connectivity index (χ3v) is 5.51. The van der Waals surface area contributed by atoms with Crippen molar-refractivity contribution in [2.45, 2.75) is 71.3 Å². The quantitative estimate of drug-likeness (QED) is 0.833. The summed E-state index contributed by atoms with van der Waals surface area (Å²) in [5, 5.41) is 6.73. The van der Waals surface area contributed by atoms with Crippen LogP contribution in [0.4, 0.5) is 0 Å². The molecule has 0 aromatic carbocycles. The van der Waals surface area contributed by atoms with Crippen LogP contribution in [0, 0.1) is 17.8 Å². The Morgan fingerprint density at radius 2 is 1.81 bits per heavy atom. The van der Waals surface area contributed by atoms with E-state index < -0.39 is 0 Å². The highest BCUT2D eigenvalue weighted by molar-refractivity contribution is 5.85. The highest BCUT2D eigenvalue weighted by Crippen LogP contribution is 2.32. The lowest BCUT2D eigenvalue weighted by Crippen LogP contribution is -2.48. The Hall–Kier alpha value is -0.280. The topological polar surface area (TPSA) is 41.1 Å². The maximum atomic E-state index is 12.3. The molecule has 21 heavy (non-hydrogen) atoms. The van der Waals surface area contributed by atoms with E-state index in [4.69, 9.17) is 0 Å². The molecule has 2 rings (SSSR count).